The zero-order valence-electron chi connectivity index (χ0n) is 8.86. The summed E-state index contributed by atoms with van der Waals surface area (Å²) in [6, 6.07) is 6.71. The molecule has 0 fully saturated rings. The summed E-state index contributed by atoms with van der Waals surface area (Å²) in [5.74, 6) is 0. The van der Waals surface area contributed by atoms with Crippen molar-refractivity contribution in [2.75, 3.05) is 4.31 Å². The lowest BCUT2D eigenvalue weighted by Gasteiger charge is -2.38. The van der Waals surface area contributed by atoms with Gasteiger partial charge in [-0.25, -0.2) is 0 Å². The summed E-state index contributed by atoms with van der Waals surface area (Å²) in [5, 5.41) is 0.587. The highest BCUT2D eigenvalue weighted by Gasteiger charge is 2.22. The molecule has 15 heavy (non-hydrogen) atoms. The van der Waals surface area contributed by atoms with E-state index in [2.05, 4.69) is 0 Å². The first-order chi connectivity index (χ1) is 6.82. The molecule has 0 saturated carbocycles. The van der Waals surface area contributed by atoms with Crippen molar-refractivity contribution in [1.29, 1.82) is 0 Å². The van der Waals surface area contributed by atoms with Crippen molar-refractivity contribution in [3.63, 3.8) is 0 Å². The molecule has 5 heteroatoms. The van der Waals surface area contributed by atoms with Crippen LogP contribution in [0.15, 0.2) is 24.3 Å². The predicted octanol–water partition coefficient (Wildman–Crippen LogP) is 2.74. The number of rotatable bonds is 2. The van der Waals surface area contributed by atoms with Crippen molar-refractivity contribution < 1.29 is 8.76 Å². The van der Waals surface area contributed by atoms with E-state index in [1.807, 2.05) is 20.8 Å². The van der Waals surface area contributed by atoms with Crippen molar-refractivity contribution in [3.8, 4) is 0 Å². The van der Waals surface area contributed by atoms with Gasteiger partial charge in [0.1, 0.15) is 0 Å². The summed E-state index contributed by atoms with van der Waals surface area (Å²) in [6.45, 7) is 5.49. The fourth-order valence-electron chi connectivity index (χ4n) is 1.27. The Balaban J connectivity index is 3.11. The van der Waals surface area contributed by atoms with Crippen molar-refractivity contribution in [3.05, 3.63) is 29.3 Å². The molecule has 0 aliphatic rings. The molecule has 0 N–H and O–H groups in total. The Bertz CT molecular complexity index is 359. The first-order valence-corrected chi connectivity index (χ1v) is 5.88. The van der Waals surface area contributed by atoms with Crippen LogP contribution in [0, 0.1) is 0 Å². The Morgan fingerprint density at radius 2 is 1.73 bits per heavy atom. The molecule has 0 aliphatic heterocycles. The van der Waals surface area contributed by atoms with Crippen molar-refractivity contribution >= 4 is 28.6 Å². The lowest BCUT2D eigenvalue weighted by atomic mass is 10.1. The average Bonchev–Trinajstić information content (AvgIpc) is 2.05. The van der Waals surface area contributed by atoms with Gasteiger partial charge >= 0.3 is 0 Å². The number of hydrogen-bond acceptors (Lipinski definition) is 2. The molecule has 1 atom stereocenters. The van der Waals surface area contributed by atoms with Crippen LogP contribution in [0.3, 0.4) is 0 Å². The molecule has 0 spiro atoms. The molecule has 0 aromatic heterocycles. The molecule has 0 bridgehead atoms. The molecule has 0 saturated heterocycles. The van der Waals surface area contributed by atoms with E-state index in [1.54, 1.807) is 24.3 Å². The predicted molar refractivity (Wildman–Crippen MR) is 62.6 cm³/mol. The first-order valence-electron chi connectivity index (χ1n) is 4.47. The van der Waals surface area contributed by atoms with Crippen LogP contribution in [0.25, 0.3) is 0 Å². The zero-order chi connectivity index (χ0) is 11.6. The third kappa shape index (κ3) is 3.19. The van der Waals surface area contributed by atoms with E-state index >= 15 is 0 Å². The largest absolute Gasteiger partial charge is 0.755 e. The second-order valence-electron chi connectivity index (χ2n) is 4.16. The minimum atomic E-state index is -2.29. The van der Waals surface area contributed by atoms with E-state index in [-0.39, 0.29) is 0 Å². The molecule has 3 nitrogen and oxygen atoms in total. The van der Waals surface area contributed by atoms with Crippen molar-refractivity contribution in [2.24, 2.45) is 0 Å². The number of benzene rings is 1. The first kappa shape index (κ1) is 12.5. The third-order valence-electron chi connectivity index (χ3n) is 1.82. The molecule has 0 radical (unpaired) electrons. The maximum Gasteiger partial charge on any atom is 0.0489 e. The fourth-order valence-corrected chi connectivity index (χ4v) is 2.14. The van der Waals surface area contributed by atoms with Crippen LogP contribution in [0.4, 0.5) is 5.69 Å². The number of halogens is 1. The highest BCUT2D eigenvalue weighted by atomic mass is 35.5. The van der Waals surface area contributed by atoms with Gasteiger partial charge in [0.05, 0.1) is 0 Å². The van der Waals surface area contributed by atoms with Crippen molar-refractivity contribution in [2.45, 2.75) is 26.3 Å². The summed E-state index contributed by atoms with van der Waals surface area (Å²) in [6.07, 6.45) is 0. The minimum Gasteiger partial charge on any atom is -0.755 e. The molecule has 1 aromatic rings. The van der Waals surface area contributed by atoms with Gasteiger partial charge < -0.3 is 4.55 Å². The standard InChI is InChI=1S/C10H14ClNO2S/c1-10(2,3)12(15(13)14)9-6-4-8(11)5-7-9/h4-7H,1-3H3,(H,13,14)/p-1. The lowest BCUT2D eigenvalue weighted by molar-refractivity contribution is 0.498. The highest BCUT2D eigenvalue weighted by molar-refractivity contribution is 7.80. The van der Waals surface area contributed by atoms with E-state index in [9.17, 15) is 8.76 Å². The summed E-state index contributed by atoms with van der Waals surface area (Å²) in [5.41, 5.74) is 0.126. The lowest BCUT2D eigenvalue weighted by Crippen LogP contribution is -2.42. The van der Waals surface area contributed by atoms with Crippen LogP contribution in [0.5, 0.6) is 0 Å². The van der Waals surface area contributed by atoms with E-state index in [0.29, 0.717) is 10.7 Å². The van der Waals surface area contributed by atoms with Gasteiger partial charge in [0.15, 0.2) is 0 Å². The Labute approximate surface area is 97.5 Å². The second kappa shape index (κ2) is 4.51. The third-order valence-corrected chi connectivity index (χ3v) is 3.13. The van der Waals surface area contributed by atoms with Crippen LogP contribution in [-0.4, -0.2) is 14.3 Å². The maximum atomic E-state index is 11.1. The zero-order valence-corrected chi connectivity index (χ0v) is 10.4. The number of nitrogens with zero attached hydrogens (tertiary/aromatic N) is 1. The smallest absolute Gasteiger partial charge is 0.0489 e. The van der Waals surface area contributed by atoms with Gasteiger partial charge in [-0.15, -0.1) is 0 Å². The Hall–Kier alpha value is -0.580. The minimum absolute atomic E-state index is 0.486. The second-order valence-corrected chi connectivity index (χ2v) is 5.39. The van der Waals surface area contributed by atoms with Gasteiger partial charge in [-0.3, -0.25) is 8.51 Å². The molecule has 1 unspecified atom stereocenters. The summed E-state index contributed by atoms with van der Waals surface area (Å²) in [4.78, 5) is 0. The van der Waals surface area contributed by atoms with E-state index in [1.165, 1.54) is 4.31 Å². The van der Waals surface area contributed by atoms with Gasteiger partial charge in [-0.05, 0) is 45.0 Å². The number of hydrogen-bond donors (Lipinski definition) is 0. The molecule has 0 heterocycles. The Kier molecular flexibility index (Phi) is 3.76. The molecule has 0 aliphatic carbocycles. The van der Waals surface area contributed by atoms with Gasteiger partial charge in [-0.2, -0.15) is 0 Å². The molecule has 1 aromatic carbocycles. The van der Waals surface area contributed by atoms with Gasteiger partial charge in [0, 0.05) is 27.5 Å². The maximum absolute atomic E-state index is 11.1. The van der Waals surface area contributed by atoms with Gasteiger partial charge in [-0.1, -0.05) is 11.6 Å². The van der Waals surface area contributed by atoms with Crippen LogP contribution in [-0.2, 0) is 11.3 Å². The molecular weight excluding hydrogens is 234 g/mol. The SMILES string of the molecule is CC(C)(C)N(c1ccc(Cl)cc1)S(=O)[O-]. The van der Waals surface area contributed by atoms with E-state index in [4.69, 9.17) is 11.6 Å². The van der Waals surface area contributed by atoms with Crippen molar-refractivity contribution in [1.82, 2.24) is 0 Å². The van der Waals surface area contributed by atoms with E-state index in [0.717, 1.165) is 0 Å². The summed E-state index contributed by atoms with van der Waals surface area (Å²) in [7, 11) is 0. The molecule has 84 valence electrons. The monoisotopic (exact) mass is 246 g/mol. The van der Waals surface area contributed by atoms with Gasteiger partial charge in [0.25, 0.3) is 0 Å². The Morgan fingerprint density at radius 3 is 2.07 bits per heavy atom. The quantitative estimate of drug-likeness (QED) is 0.753. The fraction of sp³-hybridized carbons (Fsp3) is 0.400. The van der Waals surface area contributed by atoms with Crippen LogP contribution in [0.2, 0.25) is 5.02 Å². The Morgan fingerprint density at radius 1 is 1.27 bits per heavy atom. The molecule has 1 rings (SSSR count). The summed E-state index contributed by atoms with van der Waals surface area (Å²) >= 11 is 3.45. The normalized spacial score (nSPS) is 13.7. The average molecular weight is 247 g/mol. The molecular formula is C10H13ClNO2S-. The van der Waals surface area contributed by atoms with Gasteiger partial charge in [0.2, 0.25) is 0 Å². The molecule has 0 amide bonds. The van der Waals surface area contributed by atoms with E-state index < -0.39 is 16.8 Å². The van der Waals surface area contributed by atoms with Crippen LogP contribution >= 0.6 is 11.6 Å². The van der Waals surface area contributed by atoms with Crippen LogP contribution in [0.1, 0.15) is 20.8 Å². The summed E-state index contributed by atoms with van der Waals surface area (Å²) < 4.78 is 23.6. The van der Waals surface area contributed by atoms with Crippen LogP contribution < -0.4 is 4.31 Å². The number of anilines is 1. The topological polar surface area (TPSA) is 43.4 Å². The highest BCUT2D eigenvalue weighted by Crippen LogP contribution is 2.26.